The zero-order valence-corrected chi connectivity index (χ0v) is 11.9. The average Bonchev–Trinajstić information content (AvgIpc) is 2.28. The van der Waals surface area contributed by atoms with Gasteiger partial charge in [0.05, 0.1) is 19.1 Å². The number of hydrogen-bond donors (Lipinski definition) is 2. The summed E-state index contributed by atoms with van der Waals surface area (Å²) < 4.78 is 9.81. The van der Waals surface area contributed by atoms with Gasteiger partial charge in [-0.3, -0.25) is 4.79 Å². The van der Waals surface area contributed by atoms with E-state index < -0.39 is 29.7 Å². The maximum Gasteiger partial charge on any atom is 0.407 e. The van der Waals surface area contributed by atoms with Crippen molar-refractivity contribution < 1.29 is 24.2 Å². The van der Waals surface area contributed by atoms with Crippen LogP contribution in [-0.4, -0.2) is 42.0 Å². The van der Waals surface area contributed by atoms with Crippen molar-refractivity contribution in [3.63, 3.8) is 0 Å². The molecule has 3 unspecified atom stereocenters. The Hall–Kier alpha value is -1.30. The average molecular weight is 273 g/mol. The summed E-state index contributed by atoms with van der Waals surface area (Å²) in [5, 5.41) is 12.5. The number of carbonyl (C=O) groups is 2. The van der Waals surface area contributed by atoms with Gasteiger partial charge in [-0.05, 0) is 40.0 Å². The Kier molecular flexibility index (Phi) is 5.17. The fraction of sp³-hybridized carbons (Fsp3) is 0.846. The third-order valence-corrected chi connectivity index (χ3v) is 3.04. The van der Waals surface area contributed by atoms with Crippen LogP contribution < -0.4 is 5.32 Å². The number of carbonyl (C=O) groups excluding carboxylic acids is 2. The van der Waals surface area contributed by atoms with Crippen molar-refractivity contribution in [2.24, 2.45) is 5.92 Å². The standard InChI is InChI=1S/C13H23NO5/c1-13(2,3)19-12(17)14-8-5-6-10(15)9(7-8)11(16)18-4/h8-10,15H,5-7H2,1-4H3,(H,14,17). The molecular weight excluding hydrogens is 250 g/mol. The third kappa shape index (κ3) is 5.06. The molecule has 19 heavy (non-hydrogen) atoms. The van der Waals surface area contributed by atoms with Crippen LogP contribution >= 0.6 is 0 Å². The summed E-state index contributed by atoms with van der Waals surface area (Å²) in [6.07, 6.45) is 0.239. The second-order valence-corrected chi connectivity index (χ2v) is 5.85. The highest BCUT2D eigenvalue weighted by molar-refractivity contribution is 5.73. The van der Waals surface area contributed by atoms with E-state index >= 15 is 0 Å². The predicted molar refractivity (Wildman–Crippen MR) is 68.5 cm³/mol. The van der Waals surface area contributed by atoms with Gasteiger partial charge in [-0.25, -0.2) is 4.79 Å². The molecule has 0 saturated heterocycles. The van der Waals surface area contributed by atoms with Crippen LogP contribution in [0.2, 0.25) is 0 Å². The van der Waals surface area contributed by atoms with Gasteiger partial charge in [0.2, 0.25) is 0 Å². The van der Waals surface area contributed by atoms with E-state index in [2.05, 4.69) is 10.1 Å². The third-order valence-electron chi connectivity index (χ3n) is 3.04. The van der Waals surface area contributed by atoms with Crippen LogP contribution in [0.1, 0.15) is 40.0 Å². The Balaban J connectivity index is 2.52. The minimum absolute atomic E-state index is 0.178. The number of rotatable bonds is 2. The lowest BCUT2D eigenvalue weighted by molar-refractivity contribution is -0.151. The first kappa shape index (κ1) is 15.8. The van der Waals surface area contributed by atoms with Crippen molar-refractivity contribution >= 4 is 12.1 Å². The molecule has 1 fully saturated rings. The maximum atomic E-state index is 11.6. The predicted octanol–water partition coefficient (Wildman–Crippen LogP) is 1.21. The van der Waals surface area contributed by atoms with E-state index in [0.29, 0.717) is 19.3 Å². The van der Waals surface area contributed by atoms with Gasteiger partial charge in [-0.2, -0.15) is 0 Å². The number of esters is 1. The number of hydrogen-bond acceptors (Lipinski definition) is 5. The van der Waals surface area contributed by atoms with Gasteiger partial charge >= 0.3 is 12.1 Å². The Morgan fingerprint density at radius 3 is 2.42 bits per heavy atom. The number of aliphatic hydroxyl groups is 1. The van der Waals surface area contributed by atoms with Crippen LogP contribution in [0.3, 0.4) is 0 Å². The van der Waals surface area contributed by atoms with Crippen LogP contribution in [0.5, 0.6) is 0 Å². The van der Waals surface area contributed by atoms with Crippen molar-refractivity contribution in [2.75, 3.05) is 7.11 Å². The molecule has 110 valence electrons. The fourth-order valence-electron chi connectivity index (χ4n) is 2.16. The van der Waals surface area contributed by atoms with Gasteiger partial charge in [0.15, 0.2) is 0 Å². The van der Waals surface area contributed by atoms with E-state index in [1.54, 1.807) is 20.8 Å². The molecule has 0 aromatic heterocycles. The summed E-state index contributed by atoms with van der Waals surface area (Å²) in [5.41, 5.74) is -0.556. The zero-order chi connectivity index (χ0) is 14.6. The number of aliphatic hydroxyl groups excluding tert-OH is 1. The summed E-state index contributed by atoms with van der Waals surface area (Å²) in [4.78, 5) is 23.2. The molecule has 1 aliphatic carbocycles. The number of ether oxygens (including phenoxy) is 2. The van der Waals surface area contributed by atoms with Crippen molar-refractivity contribution in [1.82, 2.24) is 5.32 Å². The van der Waals surface area contributed by atoms with Gasteiger partial charge < -0.3 is 19.9 Å². The maximum absolute atomic E-state index is 11.6. The molecule has 1 saturated carbocycles. The van der Waals surface area contributed by atoms with E-state index in [9.17, 15) is 14.7 Å². The minimum Gasteiger partial charge on any atom is -0.469 e. The second kappa shape index (κ2) is 6.23. The largest absolute Gasteiger partial charge is 0.469 e. The second-order valence-electron chi connectivity index (χ2n) is 5.85. The molecule has 2 N–H and O–H groups in total. The highest BCUT2D eigenvalue weighted by Crippen LogP contribution is 2.26. The molecule has 1 aliphatic rings. The smallest absolute Gasteiger partial charge is 0.407 e. The normalized spacial score (nSPS) is 27.5. The molecule has 0 spiro atoms. The summed E-state index contributed by atoms with van der Waals surface area (Å²) >= 11 is 0. The van der Waals surface area contributed by atoms with E-state index in [0.717, 1.165) is 0 Å². The lowest BCUT2D eigenvalue weighted by atomic mass is 9.83. The molecule has 1 amide bonds. The summed E-state index contributed by atoms with van der Waals surface area (Å²) in [5.74, 6) is -1.03. The Labute approximate surface area is 113 Å². The first-order valence-corrected chi connectivity index (χ1v) is 6.48. The molecule has 0 aliphatic heterocycles. The van der Waals surface area contributed by atoms with Crippen LogP contribution in [-0.2, 0) is 14.3 Å². The van der Waals surface area contributed by atoms with E-state index in [4.69, 9.17) is 4.74 Å². The molecule has 6 nitrogen and oxygen atoms in total. The van der Waals surface area contributed by atoms with Crippen molar-refractivity contribution in [3.8, 4) is 0 Å². The fourth-order valence-corrected chi connectivity index (χ4v) is 2.16. The van der Waals surface area contributed by atoms with Crippen LogP contribution in [0.4, 0.5) is 4.79 Å². The molecule has 3 atom stereocenters. The molecule has 0 radical (unpaired) electrons. The van der Waals surface area contributed by atoms with Crippen molar-refractivity contribution in [3.05, 3.63) is 0 Å². The van der Waals surface area contributed by atoms with Crippen LogP contribution in [0.15, 0.2) is 0 Å². The summed E-state index contributed by atoms with van der Waals surface area (Å²) in [6, 6.07) is -0.178. The van der Waals surface area contributed by atoms with Gasteiger partial charge in [0.1, 0.15) is 5.60 Å². The number of alkyl carbamates (subject to hydrolysis) is 1. The topological polar surface area (TPSA) is 84.9 Å². The first-order chi connectivity index (χ1) is 8.73. The van der Waals surface area contributed by atoms with Crippen molar-refractivity contribution in [2.45, 2.75) is 57.8 Å². The molecule has 0 bridgehead atoms. The Morgan fingerprint density at radius 1 is 1.26 bits per heavy atom. The molecule has 0 heterocycles. The van der Waals surface area contributed by atoms with Gasteiger partial charge in [0, 0.05) is 6.04 Å². The first-order valence-electron chi connectivity index (χ1n) is 6.48. The molecule has 0 aromatic rings. The Morgan fingerprint density at radius 2 is 1.89 bits per heavy atom. The number of amides is 1. The van der Waals surface area contributed by atoms with E-state index in [-0.39, 0.29) is 6.04 Å². The van der Waals surface area contributed by atoms with Gasteiger partial charge in [-0.1, -0.05) is 0 Å². The SMILES string of the molecule is COC(=O)C1CC(NC(=O)OC(C)(C)C)CCC1O. The highest BCUT2D eigenvalue weighted by Gasteiger charge is 2.36. The molecule has 1 rings (SSSR count). The number of methoxy groups -OCH3 is 1. The summed E-state index contributed by atoms with van der Waals surface area (Å²) in [6.45, 7) is 5.36. The monoisotopic (exact) mass is 273 g/mol. The van der Waals surface area contributed by atoms with E-state index in [1.165, 1.54) is 7.11 Å². The van der Waals surface area contributed by atoms with Crippen LogP contribution in [0.25, 0.3) is 0 Å². The quantitative estimate of drug-likeness (QED) is 0.739. The Bertz CT molecular complexity index is 336. The lowest BCUT2D eigenvalue weighted by Gasteiger charge is -2.32. The minimum atomic E-state index is -0.705. The van der Waals surface area contributed by atoms with Crippen molar-refractivity contribution in [1.29, 1.82) is 0 Å². The highest BCUT2D eigenvalue weighted by atomic mass is 16.6. The number of nitrogens with one attached hydrogen (secondary N) is 1. The molecule has 6 heteroatoms. The van der Waals surface area contributed by atoms with E-state index in [1.807, 2.05) is 0 Å². The van der Waals surface area contributed by atoms with Gasteiger partial charge in [-0.15, -0.1) is 0 Å². The molecular formula is C13H23NO5. The van der Waals surface area contributed by atoms with Gasteiger partial charge in [0.25, 0.3) is 0 Å². The lowest BCUT2D eigenvalue weighted by Crippen LogP contribution is -2.46. The summed E-state index contributed by atoms with van der Waals surface area (Å²) in [7, 11) is 1.29. The zero-order valence-electron chi connectivity index (χ0n) is 11.9. The van der Waals surface area contributed by atoms with Crippen LogP contribution in [0, 0.1) is 5.92 Å². The molecule has 0 aromatic carbocycles.